The van der Waals surface area contributed by atoms with Crippen molar-refractivity contribution in [2.24, 2.45) is 5.73 Å². The smallest absolute Gasteiger partial charge is 0.132 e. The Labute approximate surface area is 104 Å². The Kier molecular flexibility index (Phi) is 3.35. The molecule has 0 aliphatic rings. The van der Waals surface area contributed by atoms with Crippen LogP contribution in [0.4, 0.5) is 4.39 Å². The fourth-order valence-electron chi connectivity index (χ4n) is 1.61. The van der Waals surface area contributed by atoms with E-state index >= 15 is 0 Å². The minimum atomic E-state index is -0.452. The number of benzene rings is 1. The molecule has 2 N–H and O–H groups in total. The first-order valence-electron chi connectivity index (χ1n) is 5.29. The molecule has 0 saturated heterocycles. The van der Waals surface area contributed by atoms with Crippen molar-refractivity contribution >= 4 is 11.3 Å². The van der Waals surface area contributed by atoms with Crippen LogP contribution < -0.4 is 5.73 Å². The van der Waals surface area contributed by atoms with Gasteiger partial charge in [0.1, 0.15) is 11.9 Å². The molecule has 88 valence electrons. The predicted molar refractivity (Wildman–Crippen MR) is 67.3 cm³/mol. The number of allylic oxidation sites excluding steroid dienone is 1. The molecule has 0 bridgehead atoms. The first-order valence-corrected chi connectivity index (χ1v) is 5.29. The molecule has 2 aromatic rings. The largest absolute Gasteiger partial charge is 0.397 e. The Balaban J connectivity index is 2.59. The number of nitriles is 1. The summed E-state index contributed by atoms with van der Waals surface area (Å²) in [7, 11) is 0. The molecule has 0 aliphatic carbocycles. The number of hydrogen-bond acceptors (Lipinski definition) is 3. The van der Waals surface area contributed by atoms with E-state index in [1.807, 2.05) is 6.07 Å². The Morgan fingerprint density at radius 2 is 2.00 bits per heavy atom. The van der Waals surface area contributed by atoms with Gasteiger partial charge in [-0.15, -0.1) is 0 Å². The Morgan fingerprint density at radius 3 is 2.61 bits per heavy atom. The lowest BCUT2D eigenvalue weighted by Crippen LogP contribution is -2.03. The normalized spacial score (nSPS) is 11.6. The number of aromatic nitrogens is 1. The molecule has 0 radical (unpaired) electrons. The van der Waals surface area contributed by atoms with Gasteiger partial charge < -0.3 is 5.73 Å². The monoisotopic (exact) mass is 239 g/mol. The summed E-state index contributed by atoms with van der Waals surface area (Å²) in [6.07, 6.45) is 3.12. The molecule has 0 saturated carbocycles. The fourth-order valence-corrected chi connectivity index (χ4v) is 1.61. The van der Waals surface area contributed by atoms with Crippen LogP contribution in [0.1, 0.15) is 11.1 Å². The van der Waals surface area contributed by atoms with Gasteiger partial charge in [-0.3, -0.25) is 4.98 Å². The minimum absolute atomic E-state index is 0.114. The van der Waals surface area contributed by atoms with E-state index in [4.69, 9.17) is 11.0 Å². The number of nitrogens with two attached hydrogens (primary N) is 1. The maximum atomic E-state index is 13.6. The summed E-state index contributed by atoms with van der Waals surface area (Å²) < 4.78 is 13.6. The summed E-state index contributed by atoms with van der Waals surface area (Å²) in [6.45, 7) is 0. The molecule has 1 heterocycles. The van der Waals surface area contributed by atoms with E-state index in [0.717, 1.165) is 0 Å². The second-order valence-electron chi connectivity index (χ2n) is 3.62. The fraction of sp³-hybridized carbons (Fsp3) is 0. The molecule has 2 rings (SSSR count). The van der Waals surface area contributed by atoms with Crippen LogP contribution in [0.5, 0.6) is 0 Å². The average molecular weight is 239 g/mol. The van der Waals surface area contributed by atoms with E-state index < -0.39 is 5.82 Å². The minimum Gasteiger partial charge on any atom is -0.397 e. The van der Waals surface area contributed by atoms with Gasteiger partial charge in [0.25, 0.3) is 0 Å². The van der Waals surface area contributed by atoms with E-state index in [1.54, 1.807) is 36.5 Å². The lowest BCUT2D eigenvalue weighted by molar-refractivity contribution is 0.624. The van der Waals surface area contributed by atoms with E-state index in [1.165, 1.54) is 12.3 Å². The number of rotatable bonds is 2. The number of pyridine rings is 1. The van der Waals surface area contributed by atoms with Gasteiger partial charge in [-0.05, 0) is 18.2 Å². The zero-order chi connectivity index (χ0) is 13.0. The molecule has 0 unspecified atom stereocenters. The number of halogens is 1. The number of hydrogen-bond donors (Lipinski definition) is 1. The van der Waals surface area contributed by atoms with E-state index in [0.29, 0.717) is 5.56 Å². The third-order valence-corrected chi connectivity index (χ3v) is 2.50. The van der Waals surface area contributed by atoms with Crippen molar-refractivity contribution in [2.75, 3.05) is 0 Å². The summed E-state index contributed by atoms with van der Waals surface area (Å²) in [6, 6.07) is 11.5. The predicted octanol–water partition coefficient (Wildman–Crippen LogP) is 2.57. The maximum Gasteiger partial charge on any atom is 0.132 e. The Morgan fingerprint density at radius 1 is 1.22 bits per heavy atom. The average Bonchev–Trinajstić information content (AvgIpc) is 2.41. The van der Waals surface area contributed by atoms with Crippen LogP contribution in [0.3, 0.4) is 0 Å². The van der Waals surface area contributed by atoms with Crippen LogP contribution in [-0.4, -0.2) is 4.98 Å². The van der Waals surface area contributed by atoms with Gasteiger partial charge in [0.15, 0.2) is 0 Å². The zero-order valence-corrected chi connectivity index (χ0v) is 9.47. The molecule has 18 heavy (non-hydrogen) atoms. The first-order chi connectivity index (χ1) is 8.74. The quantitative estimate of drug-likeness (QED) is 0.819. The highest BCUT2D eigenvalue weighted by Crippen LogP contribution is 2.23. The third kappa shape index (κ3) is 2.20. The second kappa shape index (κ2) is 5.11. The summed E-state index contributed by atoms with van der Waals surface area (Å²) in [5.41, 5.74) is 6.99. The summed E-state index contributed by atoms with van der Waals surface area (Å²) >= 11 is 0. The highest BCUT2D eigenvalue weighted by atomic mass is 19.1. The van der Waals surface area contributed by atoms with Crippen LogP contribution in [0.25, 0.3) is 11.3 Å². The first kappa shape index (κ1) is 11.8. The molecule has 1 aromatic carbocycles. The van der Waals surface area contributed by atoms with Gasteiger partial charge in [-0.25, -0.2) is 4.39 Å². The number of nitrogens with zero attached hydrogens (tertiary/aromatic N) is 2. The second-order valence-corrected chi connectivity index (χ2v) is 3.62. The summed E-state index contributed by atoms with van der Waals surface area (Å²) in [5, 5.41) is 9.16. The van der Waals surface area contributed by atoms with Gasteiger partial charge >= 0.3 is 0 Å². The molecular formula is C14H10FN3. The van der Waals surface area contributed by atoms with Crippen molar-refractivity contribution in [3.05, 3.63) is 65.7 Å². The van der Waals surface area contributed by atoms with Crippen LogP contribution in [-0.2, 0) is 0 Å². The third-order valence-electron chi connectivity index (χ3n) is 2.50. The molecule has 4 heteroatoms. The van der Waals surface area contributed by atoms with Crippen molar-refractivity contribution in [3.8, 4) is 6.07 Å². The molecule has 1 aromatic heterocycles. The molecule has 0 amide bonds. The van der Waals surface area contributed by atoms with Gasteiger partial charge in [0.05, 0.1) is 11.3 Å². The van der Waals surface area contributed by atoms with E-state index in [2.05, 4.69) is 4.98 Å². The van der Waals surface area contributed by atoms with Crippen molar-refractivity contribution < 1.29 is 4.39 Å². The highest BCUT2D eigenvalue weighted by Gasteiger charge is 2.11. The van der Waals surface area contributed by atoms with Crippen molar-refractivity contribution in [2.45, 2.75) is 0 Å². The lowest BCUT2D eigenvalue weighted by atomic mass is 10.0. The van der Waals surface area contributed by atoms with Crippen LogP contribution in [0.2, 0.25) is 0 Å². The van der Waals surface area contributed by atoms with E-state index in [9.17, 15) is 4.39 Å². The van der Waals surface area contributed by atoms with Gasteiger partial charge in [0.2, 0.25) is 0 Å². The molecule has 0 spiro atoms. The Bertz CT molecular complexity index is 627. The van der Waals surface area contributed by atoms with Crippen LogP contribution in [0.15, 0.2) is 48.8 Å². The maximum absolute atomic E-state index is 13.6. The van der Waals surface area contributed by atoms with Crippen molar-refractivity contribution in [1.82, 2.24) is 4.98 Å². The molecule has 0 aliphatic heterocycles. The summed E-state index contributed by atoms with van der Waals surface area (Å²) in [5.74, 6) is -0.452. The van der Waals surface area contributed by atoms with Gasteiger partial charge in [0, 0.05) is 23.5 Å². The molecule has 0 fully saturated rings. The van der Waals surface area contributed by atoms with Crippen LogP contribution >= 0.6 is 0 Å². The standard InChI is InChI=1S/C14H10FN3/c15-13-6-2-1-5-11(13)14(17)12(8-16)10-4-3-7-18-9-10/h1-7,9H,17H2/b14-12-. The van der Waals surface area contributed by atoms with Crippen LogP contribution in [0, 0.1) is 17.1 Å². The summed E-state index contributed by atoms with van der Waals surface area (Å²) in [4.78, 5) is 3.92. The van der Waals surface area contributed by atoms with Crippen molar-refractivity contribution in [1.29, 1.82) is 5.26 Å². The SMILES string of the molecule is N#C/C(=C(/N)c1ccccc1F)c1cccnc1. The van der Waals surface area contributed by atoms with E-state index in [-0.39, 0.29) is 16.8 Å². The molecular weight excluding hydrogens is 229 g/mol. The molecule has 3 nitrogen and oxygen atoms in total. The molecule has 0 atom stereocenters. The lowest BCUT2D eigenvalue weighted by Gasteiger charge is -2.06. The van der Waals surface area contributed by atoms with Crippen molar-refractivity contribution in [3.63, 3.8) is 0 Å². The highest BCUT2D eigenvalue weighted by molar-refractivity contribution is 5.95. The topological polar surface area (TPSA) is 62.7 Å². The zero-order valence-electron chi connectivity index (χ0n) is 9.47. The van der Waals surface area contributed by atoms with Gasteiger partial charge in [-0.1, -0.05) is 18.2 Å². The van der Waals surface area contributed by atoms with Gasteiger partial charge in [-0.2, -0.15) is 5.26 Å². The Hall–Kier alpha value is -2.67.